The summed E-state index contributed by atoms with van der Waals surface area (Å²) in [6, 6.07) is 0. The van der Waals surface area contributed by atoms with Crippen molar-refractivity contribution in [3.63, 3.8) is 0 Å². The van der Waals surface area contributed by atoms with Crippen LogP contribution >= 0.6 is 0 Å². The van der Waals surface area contributed by atoms with Gasteiger partial charge in [0.15, 0.2) is 0 Å². The largest absolute Gasteiger partial charge is 0.356 e. The summed E-state index contributed by atoms with van der Waals surface area (Å²) >= 11 is 0. The van der Waals surface area contributed by atoms with Gasteiger partial charge in [0.1, 0.15) is 11.6 Å². The van der Waals surface area contributed by atoms with E-state index in [1.807, 2.05) is 0 Å². The molecule has 0 aromatic rings. The highest BCUT2D eigenvalue weighted by molar-refractivity contribution is 5.97. The van der Waals surface area contributed by atoms with E-state index in [0.717, 1.165) is 19.3 Å². The molecular formula is C13H22N2O4. The minimum atomic E-state index is -0.248. The first-order valence-electron chi connectivity index (χ1n) is 6.44. The lowest BCUT2D eigenvalue weighted by molar-refractivity contribution is -0.128. The van der Waals surface area contributed by atoms with Crippen molar-refractivity contribution < 1.29 is 19.2 Å². The highest BCUT2D eigenvalue weighted by atomic mass is 16.2. The molecule has 0 spiro atoms. The first-order valence-corrected chi connectivity index (χ1v) is 6.44. The van der Waals surface area contributed by atoms with Crippen LogP contribution in [0.5, 0.6) is 0 Å². The van der Waals surface area contributed by atoms with Crippen LogP contribution in [0.4, 0.5) is 0 Å². The molecule has 0 aromatic carbocycles. The lowest BCUT2D eigenvalue weighted by Crippen LogP contribution is -2.27. The van der Waals surface area contributed by atoms with E-state index in [2.05, 4.69) is 10.6 Å². The van der Waals surface area contributed by atoms with Crippen molar-refractivity contribution in [3.8, 4) is 0 Å². The average Bonchev–Trinajstić information content (AvgIpc) is 2.25. The fourth-order valence-electron chi connectivity index (χ4n) is 1.46. The number of unbranched alkanes of at least 4 members (excludes halogenated alkanes) is 2. The number of ketones is 2. The van der Waals surface area contributed by atoms with Crippen molar-refractivity contribution in [3.05, 3.63) is 0 Å². The van der Waals surface area contributed by atoms with E-state index in [4.69, 9.17) is 0 Å². The number of nitrogens with one attached hydrogen (secondary N) is 2. The van der Waals surface area contributed by atoms with Crippen LogP contribution in [0, 0.1) is 0 Å². The number of carbonyl (C=O) groups excluding carboxylic acids is 4. The van der Waals surface area contributed by atoms with Gasteiger partial charge in [-0.25, -0.2) is 0 Å². The summed E-state index contributed by atoms with van der Waals surface area (Å²) in [4.78, 5) is 43.5. The molecule has 6 heteroatoms. The minimum absolute atomic E-state index is 0.0683. The molecule has 0 fully saturated rings. The topological polar surface area (TPSA) is 92.3 Å². The molecule has 0 aromatic heterocycles. The molecule has 0 aliphatic heterocycles. The molecule has 0 rings (SSSR count). The van der Waals surface area contributed by atoms with Gasteiger partial charge in [-0.2, -0.15) is 0 Å². The third-order valence-electron chi connectivity index (χ3n) is 2.32. The standard InChI is InChI=1S/C13H22N2O4/c1-10(16)8-12(18)14-6-4-3-5-7-15-13(19)9-11(2)17/h3-9H2,1-2H3,(H,14,18)(H,15,19). The van der Waals surface area contributed by atoms with Gasteiger partial charge in [0, 0.05) is 13.1 Å². The van der Waals surface area contributed by atoms with Gasteiger partial charge in [0.05, 0.1) is 12.8 Å². The summed E-state index contributed by atoms with van der Waals surface area (Å²) in [6.45, 7) is 3.83. The Balaban J connectivity index is 3.36. The zero-order valence-electron chi connectivity index (χ0n) is 11.6. The van der Waals surface area contributed by atoms with Crippen LogP contribution in [0.1, 0.15) is 46.0 Å². The molecule has 0 aliphatic carbocycles. The molecule has 0 unspecified atom stereocenters. The molecule has 19 heavy (non-hydrogen) atoms. The highest BCUT2D eigenvalue weighted by Crippen LogP contribution is 1.93. The molecule has 6 nitrogen and oxygen atoms in total. The van der Waals surface area contributed by atoms with E-state index in [-0.39, 0.29) is 36.2 Å². The molecule has 0 heterocycles. The molecule has 2 amide bonds. The Morgan fingerprint density at radius 1 is 0.684 bits per heavy atom. The molecular weight excluding hydrogens is 248 g/mol. The van der Waals surface area contributed by atoms with Crippen LogP contribution in [0.15, 0.2) is 0 Å². The molecule has 108 valence electrons. The number of hydrogen-bond acceptors (Lipinski definition) is 4. The van der Waals surface area contributed by atoms with Crippen LogP contribution in [-0.4, -0.2) is 36.5 Å². The van der Waals surface area contributed by atoms with Crippen molar-refractivity contribution >= 4 is 23.4 Å². The maximum absolute atomic E-state index is 11.1. The summed E-state index contributed by atoms with van der Waals surface area (Å²) < 4.78 is 0. The normalized spacial score (nSPS) is 9.79. The van der Waals surface area contributed by atoms with Gasteiger partial charge in [-0.1, -0.05) is 0 Å². The van der Waals surface area contributed by atoms with Crippen LogP contribution in [0.3, 0.4) is 0 Å². The zero-order chi connectivity index (χ0) is 14.7. The maximum Gasteiger partial charge on any atom is 0.227 e. The molecule has 2 N–H and O–H groups in total. The Kier molecular flexibility index (Phi) is 9.30. The Bertz CT molecular complexity index is 308. The second-order valence-electron chi connectivity index (χ2n) is 4.52. The predicted molar refractivity (Wildman–Crippen MR) is 70.5 cm³/mol. The van der Waals surface area contributed by atoms with Gasteiger partial charge < -0.3 is 10.6 Å². The Morgan fingerprint density at radius 3 is 1.37 bits per heavy atom. The fourth-order valence-corrected chi connectivity index (χ4v) is 1.46. The molecule has 0 saturated carbocycles. The Hall–Kier alpha value is -1.72. The van der Waals surface area contributed by atoms with Crippen LogP contribution < -0.4 is 10.6 Å². The fraction of sp³-hybridized carbons (Fsp3) is 0.692. The summed E-state index contributed by atoms with van der Waals surface area (Å²) in [5.74, 6) is -0.791. The molecule has 0 bridgehead atoms. The molecule has 0 atom stereocenters. The van der Waals surface area contributed by atoms with Crippen molar-refractivity contribution in [2.24, 2.45) is 0 Å². The first-order chi connectivity index (χ1) is 8.91. The minimum Gasteiger partial charge on any atom is -0.356 e. The number of amides is 2. The van der Waals surface area contributed by atoms with Gasteiger partial charge in [0.25, 0.3) is 0 Å². The number of carbonyl (C=O) groups is 4. The van der Waals surface area contributed by atoms with E-state index in [1.165, 1.54) is 13.8 Å². The summed E-state index contributed by atoms with van der Waals surface area (Å²) in [5, 5.41) is 5.30. The zero-order valence-corrected chi connectivity index (χ0v) is 11.6. The SMILES string of the molecule is CC(=O)CC(=O)NCCCCCNC(=O)CC(C)=O. The summed E-state index contributed by atoms with van der Waals surface area (Å²) in [5.41, 5.74) is 0. The lowest BCUT2D eigenvalue weighted by Gasteiger charge is -2.05. The predicted octanol–water partition coefficient (Wildman–Crippen LogP) is 0.347. The number of rotatable bonds is 10. The third kappa shape index (κ3) is 12.5. The van der Waals surface area contributed by atoms with Crippen LogP contribution in [-0.2, 0) is 19.2 Å². The quantitative estimate of drug-likeness (QED) is 0.442. The third-order valence-corrected chi connectivity index (χ3v) is 2.32. The number of hydrogen-bond donors (Lipinski definition) is 2. The summed E-state index contributed by atoms with van der Waals surface area (Å²) in [6.07, 6.45) is 2.32. The second kappa shape index (κ2) is 10.2. The smallest absolute Gasteiger partial charge is 0.227 e. The van der Waals surface area contributed by atoms with Gasteiger partial charge in [-0.05, 0) is 33.1 Å². The Labute approximate surface area is 113 Å². The van der Waals surface area contributed by atoms with Gasteiger partial charge in [0.2, 0.25) is 11.8 Å². The van der Waals surface area contributed by atoms with Gasteiger partial charge in [-0.15, -0.1) is 0 Å². The second-order valence-corrected chi connectivity index (χ2v) is 4.52. The van der Waals surface area contributed by atoms with Gasteiger partial charge >= 0.3 is 0 Å². The highest BCUT2D eigenvalue weighted by Gasteiger charge is 2.04. The van der Waals surface area contributed by atoms with Crippen LogP contribution in [0.2, 0.25) is 0 Å². The lowest BCUT2D eigenvalue weighted by atomic mass is 10.2. The Morgan fingerprint density at radius 2 is 1.05 bits per heavy atom. The molecule has 0 radical (unpaired) electrons. The monoisotopic (exact) mass is 270 g/mol. The van der Waals surface area contributed by atoms with E-state index in [9.17, 15) is 19.2 Å². The first kappa shape index (κ1) is 17.3. The molecule has 0 saturated heterocycles. The van der Waals surface area contributed by atoms with Gasteiger partial charge in [-0.3, -0.25) is 19.2 Å². The average molecular weight is 270 g/mol. The van der Waals surface area contributed by atoms with E-state index < -0.39 is 0 Å². The van der Waals surface area contributed by atoms with Crippen molar-refractivity contribution in [1.82, 2.24) is 10.6 Å². The van der Waals surface area contributed by atoms with E-state index >= 15 is 0 Å². The van der Waals surface area contributed by atoms with E-state index in [0.29, 0.717) is 13.1 Å². The van der Waals surface area contributed by atoms with Crippen molar-refractivity contribution in [2.75, 3.05) is 13.1 Å². The van der Waals surface area contributed by atoms with Crippen molar-refractivity contribution in [1.29, 1.82) is 0 Å². The van der Waals surface area contributed by atoms with E-state index in [1.54, 1.807) is 0 Å². The maximum atomic E-state index is 11.1. The molecule has 0 aliphatic rings. The number of Topliss-reactive ketones (excluding diaryl/α,β-unsaturated/α-hetero) is 2. The van der Waals surface area contributed by atoms with Crippen molar-refractivity contribution in [2.45, 2.75) is 46.0 Å². The summed E-state index contributed by atoms with van der Waals surface area (Å²) in [7, 11) is 0. The van der Waals surface area contributed by atoms with Crippen LogP contribution in [0.25, 0.3) is 0 Å².